The summed E-state index contributed by atoms with van der Waals surface area (Å²) in [4.78, 5) is 27.9. The van der Waals surface area contributed by atoms with Crippen molar-refractivity contribution in [3.63, 3.8) is 0 Å². The van der Waals surface area contributed by atoms with E-state index in [1.807, 2.05) is 0 Å². The number of anilines is 1. The van der Waals surface area contributed by atoms with Crippen molar-refractivity contribution < 1.29 is 9.63 Å². The van der Waals surface area contributed by atoms with Gasteiger partial charge in [-0.25, -0.2) is 0 Å². The first-order valence-electron chi connectivity index (χ1n) is 11.0. The maximum Gasteiger partial charge on any atom is 0.261 e. The minimum atomic E-state index is -0.180. The lowest BCUT2D eigenvalue weighted by molar-refractivity contribution is 0.0755. The largest absolute Gasteiger partial charge is 0.390 e. The lowest BCUT2D eigenvalue weighted by Gasteiger charge is -2.23. The number of hydrogen-bond acceptors (Lipinski definition) is 7. The summed E-state index contributed by atoms with van der Waals surface area (Å²) in [6.45, 7) is 4.31. The second kappa shape index (κ2) is 9.11. The van der Waals surface area contributed by atoms with Gasteiger partial charge in [0.1, 0.15) is 11.9 Å². The highest BCUT2D eigenvalue weighted by Gasteiger charge is 2.28. The van der Waals surface area contributed by atoms with Crippen molar-refractivity contribution in [2.24, 2.45) is 10.1 Å². The van der Waals surface area contributed by atoms with E-state index in [2.05, 4.69) is 50.5 Å². The molecule has 2 aromatic rings. The Morgan fingerprint density at radius 3 is 2.81 bits per heavy atom. The molecule has 1 atom stereocenters. The van der Waals surface area contributed by atoms with Gasteiger partial charge in [-0.1, -0.05) is 28.9 Å². The molecule has 1 unspecified atom stereocenters. The van der Waals surface area contributed by atoms with E-state index in [9.17, 15) is 4.79 Å². The summed E-state index contributed by atoms with van der Waals surface area (Å²) >= 11 is 7.20. The number of halogens is 1. The molecule has 5 rings (SSSR count). The highest BCUT2D eigenvalue weighted by atomic mass is 35.5. The van der Waals surface area contributed by atoms with E-state index in [0.717, 1.165) is 48.9 Å². The van der Waals surface area contributed by atoms with Crippen LogP contribution in [0.25, 0.3) is 0 Å². The number of carbonyl (C=O) groups excluding carboxylic acids is 1. The number of hydrogen-bond donors (Lipinski definition) is 1. The van der Waals surface area contributed by atoms with Gasteiger partial charge in [-0.3, -0.25) is 9.79 Å². The predicted octanol–water partition coefficient (Wildman–Crippen LogP) is 3.62. The lowest BCUT2D eigenvalue weighted by Crippen LogP contribution is -2.32. The van der Waals surface area contributed by atoms with E-state index >= 15 is 0 Å². The van der Waals surface area contributed by atoms with Crippen molar-refractivity contribution >= 4 is 46.1 Å². The number of nitrogens with zero attached hydrogens (tertiary/aromatic N) is 4. The van der Waals surface area contributed by atoms with Crippen LogP contribution in [0.4, 0.5) is 5.69 Å². The van der Waals surface area contributed by atoms with Crippen LogP contribution in [0, 0.1) is 0 Å². The molecular formula is C23H26ClN5O2S. The molecule has 1 fully saturated rings. The van der Waals surface area contributed by atoms with Crippen LogP contribution in [0.5, 0.6) is 0 Å². The zero-order chi connectivity index (χ0) is 22.1. The Hall–Kier alpha value is -2.58. The molecule has 7 nitrogen and oxygen atoms in total. The summed E-state index contributed by atoms with van der Waals surface area (Å²) in [6.07, 6.45) is 2.89. The average molecular weight is 472 g/mol. The minimum Gasteiger partial charge on any atom is -0.390 e. The summed E-state index contributed by atoms with van der Waals surface area (Å²) in [5.41, 5.74) is 4.38. The van der Waals surface area contributed by atoms with Crippen molar-refractivity contribution in [2.45, 2.75) is 25.4 Å². The topological polar surface area (TPSA) is 69.5 Å². The Balaban J connectivity index is 1.30. The molecule has 0 saturated carbocycles. The molecular weight excluding hydrogens is 446 g/mol. The third kappa shape index (κ3) is 4.34. The van der Waals surface area contributed by atoms with Crippen LogP contribution < -0.4 is 10.2 Å². The van der Waals surface area contributed by atoms with Crippen LogP contribution >= 0.6 is 22.9 Å². The molecule has 1 N–H and O–H groups in total. The lowest BCUT2D eigenvalue weighted by atomic mass is 9.99. The van der Waals surface area contributed by atoms with Crippen LogP contribution in [0.2, 0.25) is 4.34 Å². The van der Waals surface area contributed by atoms with Crippen molar-refractivity contribution in [1.82, 2.24) is 10.2 Å². The molecule has 1 amide bonds. The van der Waals surface area contributed by atoms with Crippen molar-refractivity contribution in [3.8, 4) is 0 Å². The van der Waals surface area contributed by atoms with Gasteiger partial charge in [0.15, 0.2) is 0 Å². The molecule has 3 aliphatic heterocycles. The van der Waals surface area contributed by atoms with Gasteiger partial charge in [-0.2, -0.15) is 0 Å². The minimum absolute atomic E-state index is 0.137. The number of nitrogens with one attached hydrogen (secondary N) is 1. The van der Waals surface area contributed by atoms with E-state index in [1.54, 1.807) is 12.1 Å². The smallest absolute Gasteiger partial charge is 0.261 e. The second-order valence-electron chi connectivity index (χ2n) is 8.34. The van der Waals surface area contributed by atoms with Crippen LogP contribution in [0.3, 0.4) is 0 Å². The van der Waals surface area contributed by atoms with Gasteiger partial charge in [0.2, 0.25) is 0 Å². The molecule has 32 heavy (non-hydrogen) atoms. The summed E-state index contributed by atoms with van der Waals surface area (Å²) in [6, 6.07) is 9.99. The van der Waals surface area contributed by atoms with Crippen LogP contribution in [-0.2, 0) is 4.84 Å². The zero-order valence-electron chi connectivity index (χ0n) is 18.0. The number of amides is 1. The molecule has 1 aromatic heterocycles. The van der Waals surface area contributed by atoms with E-state index < -0.39 is 0 Å². The zero-order valence-corrected chi connectivity index (χ0v) is 19.6. The van der Waals surface area contributed by atoms with Gasteiger partial charge in [0.05, 0.1) is 28.0 Å². The Kier molecular flexibility index (Phi) is 6.06. The van der Waals surface area contributed by atoms with Crippen LogP contribution in [-0.4, -0.2) is 68.2 Å². The number of benzene rings is 1. The normalized spacial score (nSPS) is 20.4. The highest BCUT2D eigenvalue weighted by Crippen LogP contribution is 2.31. The molecule has 1 aromatic carbocycles. The van der Waals surface area contributed by atoms with E-state index in [1.165, 1.54) is 29.9 Å². The molecule has 4 heterocycles. The third-order valence-electron chi connectivity index (χ3n) is 6.09. The quantitative estimate of drug-likeness (QED) is 0.698. The number of carbonyl (C=O) groups is 1. The number of likely N-dealkylation sites (N-methyl/N-ethyl adjacent to an activating group) is 1. The number of rotatable bonds is 6. The second-order valence-corrected chi connectivity index (χ2v) is 10.1. The van der Waals surface area contributed by atoms with Crippen LogP contribution in [0.1, 0.15) is 40.1 Å². The van der Waals surface area contributed by atoms with Gasteiger partial charge in [0, 0.05) is 49.9 Å². The standard InChI is InChI=1S/C23H26ClN5O2S/c1-28-11-8-25-22(28)15-4-5-17(19(12-15)29-9-2-3-10-29)18-13-16(31-27-18)14-26-23(30)20-6-7-21(24)32-20/h4-7,12,16H,2-3,8-11,13-14H2,1H3,(H,26,30). The molecule has 0 aliphatic carbocycles. The van der Waals surface area contributed by atoms with E-state index in [4.69, 9.17) is 16.4 Å². The summed E-state index contributed by atoms with van der Waals surface area (Å²) < 4.78 is 0.602. The summed E-state index contributed by atoms with van der Waals surface area (Å²) in [5.74, 6) is 0.915. The van der Waals surface area contributed by atoms with E-state index in [-0.39, 0.29) is 12.0 Å². The molecule has 0 bridgehead atoms. The van der Waals surface area contributed by atoms with Crippen molar-refractivity contribution in [3.05, 3.63) is 50.7 Å². The summed E-state index contributed by atoms with van der Waals surface area (Å²) in [5, 5.41) is 7.33. The fourth-order valence-electron chi connectivity index (χ4n) is 4.41. The number of oxime groups is 1. The summed E-state index contributed by atoms with van der Waals surface area (Å²) in [7, 11) is 2.09. The highest BCUT2D eigenvalue weighted by molar-refractivity contribution is 7.18. The molecule has 3 aliphatic rings. The third-order valence-corrected chi connectivity index (χ3v) is 7.32. The Labute approximate surface area is 196 Å². The first kappa shape index (κ1) is 21.3. The number of thiophene rings is 1. The van der Waals surface area contributed by atoms with Crippen molar-refractivity contribution in [2.75, 3.05) is 44.7 Å². The average Bonchev–Trinajstić information content (AvgIpc) is 3.59. The number of aliphatic imine (C=N–C) groups is 1. The van der Waals surface area contributed by atoms with Gasteiger partial charge in [-0.05, 0) is 31.0 Å². The Bertz CT molecular complexity index is 1080. The molecule has 168 valence electrons. The molecule has 1 saturated heterocycles. The van der Waals surface area contributed by atoms with Gasteiger partial charge in [-0.15, -0.1) is 11.3 Å². The monoisotopic (exact) mass is 471 g/mol. The molecule has 0 spiro atoms. The molecule has 0 radical (unpaired) electrons. The number of amidine groups is 1. The maximum absolute atomic E-state index is 12.3. The predicted molar refractivity (Wildman–Crippen MR) is 130 cm³/mol. The van der Waals surface area contributed by atoms with Gasteiger partial charge >= 0.3 is 0 Å². The van der Waals surface area contributed by atoms with Gasteiger partial charge in [0.25, 0.3) is 5.91 Å². The Morgan fingerprint density at radius 1 is 1.25 bits per heavy atom. The Morgan fingerprint density at radius 2 is 2.09 bits per heavy atom. The fraction of sp³-hybridized carbons (Fsp3) is 0.435. The van der Waals surface area contributed by atoms with Gasteiger partial charge < -0.3 is 20.0 Å². The van der Waals surface area contributed by atoms with Crippen LogP contribution in [0.15, 0.2) is 40.5 Å². The first-order valence-corrected chi connectivity index (χ1v) is 12.2. The molecule has 9 heteroatoms. The van der Waals surface area contributed by atoms with E-state index in [0.29, 0.717) is 22.2 Å². The SMILES string of the molecule is CN1CCN=C1c1ccc(C2=NOC(CNC(=O)c3ccc(Cl)s3)C2)c(N2CCCC2)c1. The maximum atomic E-state index is 12.3. The fourth-order valence-corrected chi connectivity index (χ4v) is 5.36. The van der Waals surface area contributed by atoms with Crippen molar-refractivity contribution in [1.29, 1.82) is 0 Å². The first-order chi connectivity index (χ1) is 15.6.